The molecule has 0 aliphatic heterocycles. The molecular formula is C24H21N3. The largest absolute Gasteiger partial charge is 0.299 e. The van der Waals surface area contributed by atoms with Crippen LogP contribution in [0.15, 0.2) is 54.9 Å². The first kappa shape index (κ1) is 16.0. The number of aromatic nitrogens is 3. The third-order valence-electron chi connectivity index (χ3n) is 5.42. The van der Waals surface area contributed by atoms with Crippen molar-refractivity contribution in [2.75, 3.05) is 0 Å². The second-order valence-corrected chi connectivity index (χ2v) is 7.41. The highest BCUT2D eigenvalue weighted by atomic mass is 15.0. The Balaban J connectivity index is 2.07. The number of benzene rings is 2. The van der Waals surface area contributed by atoms with Gasteiger partial charge in [0.05, 0.1) is 5.52 Å². The highest BCUT2D eigenvalue weighted by molar-refractivity contribution is 6.18. The number of hydrogen-bond acceptors (Lipinski definition) is 2. The number of hydrogen-bond donors (Lipinski definition) is 0. The number of rotatable bonds is 1. The van der Waals surface area contributed by atoms with Crippen LogP contribution in [-0.4, -0.2) is 14.4 Å². The zero-order valence-corrected chi connectivity index (χ0v) is 16.0. The first-order valence-electron chi connectivity index (χ1n) is 9.28. The highest BCUT2D eigenvalue weighted by Crippen LogP contribution is 2.38. The van der Waals surface area contributed by atoms with Crippen LogP contribution in [0.4, 0.5) is 0 Å². The second-order valence-electron chi connectivity index (χ2n) is 7.41. The van der Waals surface area contributed by atoms with Crippen molar-refractivity contribution in [1.82, 2.24) is 14.4 Å². The quantitative estimate of drug-likeness (QED) is 0.350. The van der Waals surface area contributed by atoms with Crippen molar-refractivity contribution < 1.29 is 0 Å². The lowest BCUT2D eigenvalue weighted by atomic mass is 9.93. The van der Waals surface area contributed by atoms with Crippen LogP contribution in [0.5, 0.6) is 0 Å². The molecule has 0 fully saturated rings. The molecule has 3 heteroatoms. The van der Waals surface area contributed by atoms with Gasteiger partial charge in [0.15, 0.2) is 0 Å². The molecule has 0 N–H and O–H groups in total. The van der Waals surface area contributed by atoms with Gasteiger partial charge in [0.2, 0.25) is 0 Å². The van der Waals surface area contributed by atoms with Crippen LogP contribution in [-0.2, 0) is 0 Å². The van der Waals surface area contributed by atoms with E-state index in [9.17, 15) is 0 Å². The van der Waals surface area contributed by atoms with Gasteiger partial charge in [0.1, 0.15) is 5.65 Å². The third-order valence-corrected chi connectivity index (χ3v) is 5.42. The lowest BCUT2D eigenvalue weighted by molar-refractivity contribution is 1.13. The molecular weight excluding hydrogens is 330 g/mol. The van der Waals surface area contributed by atoms with Gasteiger partial charge in [-0.1, -0.05) is 35.9 Å². The summed E-state index contributed by atoms with van der Waals surface area (Å²) >= 11 is 0. The molecule has 3 heterocycles. The van der Waals surface area contributed by atoms with Gasteiger partial charge in [-0.05, 0) is 51.0 Å². The number of imidazole rings is 1. The van der Waals surface area contributed by atoms with Crippen LogP contribution in [0, 0.1) is 27.7 Å². The molecule has 3 aromatic heterocycles. The van der Waals surface area contributed by atoms with Gasteiger partial charge in [0.25, 0.3) is 0 Å². The van der Waals surface area contributed by atoms with Crippen LogP contribution in [0.25, 0.3) is 38.4 Å². The van der Waals surface area contributed by atoms with Gasteiger partial charge < -0.3 is 0 Å². The van der Waals surface area contributed by atoms with Gasteiger partial charge in [-0.25, -0.2) is 4.98 Å². The molecule has 0 atom stereocenters. The molecule has 27 heavy (non-hydrogen) atoms. The maximum atomic E-state index is 4.70. The molecule has 2 aromatic carbocycles. The number of pyridine rings is 2. The number of fused-ring (bicyclic) bond motifs is 6. The predicted molar refractivity (Wildman–Crippen MR) is 112 cm³/mol. The normalized spacial score (nSPS) is 11.7. The Labute approximate surface area is 158 Å². The fraction of sp³-hybridized carbons (Fsp3) is 0.167. The van der Waals surface area contributed by atoms with E-state index >= 15 is 0 Å². The van der Waals surface area contributed by atoms with E-state index in [0.29, 0.717) is 0 Å². The predicted octanol–water partition coefficient (Wildman–Crippen LogP) is 5.94. The minimum atomic E-state index is 1.00. The maximum absolute atomic E-state index is 4.70. The molecule has 0 unspecified atom stereocenters. The summed E-state index contributed by atoms with van der Waals surface area (Å²) in [7, 11) is 0. The Bertz CT molecular complexity index is 1360. The van der Waals surface area contributed by atoms with Crippen molar-refractivity contribution in [2.24, 2.45) is 0 Å². The van der Waals surface area contributed by atoms with Crippen molar-refractivity contribution in [3.05, 3.63) is 77.4 Å². The van der Waals surface area contributed by atoms with Crippen molar-refractivity contribution in [3.63, 3.8) is 0 Å². The van der Waals surface area contributed by atoms with Gasteiger partial charge in [-0.2, -0.15) is 0 Å². The van der Waals surface area contributed by atoms with Gasteiger partial charge in [0, 0.05) is 45.5 Å². The van der Waals surface area contributed by atoms with E-state index in [1.165, 1.54) is 43.9 Å². The summed E-state index contributed by atoms with van der Waals surface area (Å²) in [5, 5.41) is 3.70. The average Bonchev–Trinajstić information content (AvgIpc) is 3.10. The molecule has 0 spiro atoms. The zero-order chi connectivity index (χ0) is 18.7. The lowest BCUT2D eigenvalue weighted by Gasteiger charge is -2.16. The molecule has 5 rings (SSSR count). The minimum absolute atomic E-state index is 1.00. The summed E-state index contributed by atoms with van der Waals surface area (Å²) in [6.45, 7) is 8.48. The fourth-order valence-electron chi connectivity index (χ4n) is 4.38. The van der Waals surface area contributed by atoms with E-state index in [2.05, 4.69) is 78.8 Å². The first-order valence-corrected chi connectivity index (χ1v) is 9.28. The summed E-state index contributed by atoms with van der Waals surface area (Å²) in [6.07, 6.45) is 3.95. The van der Waals surface area contributed by atoms with E-state index in [0.717, 1.165) is 17.0 Å². The van der Waals surface area contributed by atoms with Gasteiger partial charge >= 0.3 is 0 Å². The Morgan fingerprint density at radius 2 is 1.70 bits per heavy atom. The Kier molecular flexibility index (Phi) is 3.35. The summed E-state index contributed by atoms with van der Waals surface area (Å²) in [6, 6.07) is 15.3. The smallest absolute Gasteiger partial charge is 0.145 e. The fourth-order valence-corrected chi connectivity index (χ4v) is 4.38. The molecule has 3 nitrogen and oxygen atoms in total. The van der Waals surface area contributed by atoms with Crippen molar-refractivity contribution >= 4 is 27.3 Å². The van der Waals surface area contributed by atoms with Crippen LogP contribution in [0.2, 0.25) is 0 Å². The van der Waals surface area contributed by atoms with E-state index in [4.69, 9.17) is 4.98 Å². The van der Waals surface area contributed by atoms with E-state index in [1.54, 1.807) is 0 Å². The van der Waals surface area contributed by atoms with E-state index < -0.39 is 0 Å². The molecule has 0 aliphatic carbocycles. The molecule has 0 amide bonds. The van der Waals surface area contributed by atoms with Crippen LogP contribution in [0.1, 0.15) is 22.5 Å². The zero-order valence-electron chi connectivity index (χ0n) is 16.0. The molecule has 0 radical (unpaired) electrons. The lowest BCUT2D eigenvalue weighted by Crippen LogP contribution is -1.97. The summed E-state index contributed by atoms with van der Waals surface area (Å²) in [5.41, 5.74) is 9.28. The monoisotopic (exact) mass is 351 g/mol. The second kappa shape index (κ2) is 5.65. The molecule has 0 saturated carbocycles. The first-order chi connectivity index (χ1) is 13.0. The Morgan fingerprint density at radius 3 is 2.52 bits per heavy atom. The van der Waals surface area contributed by atoms with Crippen molar-refractivity contribution in [1.29, 1.82) is 0 Å². The summed E-state index contributed by atoms with van der Waals surface area (Å²) in [5.74, 6) is 0. The standard InChI is InChI=1S/C24H21N3/c1-14-12-15(2)23-21(13-14)22-19(18-9-8-16(3)26-17(18)4)6-5-7-20(22)24-25-10-11-27(23)24/h5-13H,1-4H3. The van der Waals surface area contributed by atoms with E-state index in [-0.39, 0.29) is 0 Å². The van der Waals surface area contributed by atoms with Gasteiger partial charge in [-0.3, -0.25) is 9.38 Å². The molecule has 132 valence electrons. The molecule has 0 saturated heterocycles. The molecule has 5 aromatic rings. The van der Waals surface area contributed by atoms with Crippen LogP contribution < -0.4 is 0 Å². The summed E-state index contributed by atoms with van der Waals surface area (Å²) in [4.78, 5) is 9.38. The van der Waals surface area contributed by atoms with Crippen molar-refractivity contribution in [3.8, 4) is 11.1 Å². The molecule has 0 aliphatic rings. The van der Waals surface area contributed by atoms with Crippen molar-refractivity contribution in [2.45, 2.75) is 27.7 Å². The number of aryl methyl sites for hydroxylation is 4. The third kappa shape index (κ3) is 2.28. The minimum Gasteiger partial charge on any atom is -0.299 e. The Hall–Kier alpha value is -3.20. The SMILES string of the molecule is Cc1cc(C)c2c(c1)c1c(-c3ccc(C)nc3C)cccc1c1nccn12. The Morgan fingerprint density at radius 1 is 0.852 bits per heavy atom. The highest BCUT2D eigenvalue weighted by Gasteiger charge is 2.16. The summed E-state index contributed by atoms with van der Waals surface area (Å²) < 4.78 is 2.22. The maximum Gasteiger partial charge on any atom is 0.145 e. The van der Waals surface area contributed by atoms with E-state index in [1.807, 2.05) is 13.1 Å². The van der Waals surface area contributed by atoms with Crippen LogP contribution >= 0.6 is 0 Å². The van der Waals surface area contributed by atoms with Gasteiger partial charge in [-0.15, -0.1) is 0 Å². The van der Waals surface area contributed by atoms with Crippen LogP contribution in [0.3, 0.4) is 0 Å². The molecule has 0 bridgehead atoms. The average molecular weight is 351 g/mol. The topological polar surface area (TPSA) is 30.2 Å². The number of nitrogens with zero attached hydrogens (tertiary/aromatic N) is 3.